The zero-order valence-corrected chi connectivity index (χ0v) is 16.6. The molecule has 32 heavy (non-hydrogen) atoms. The zero-order chi connectivity index (χ0) is 22.0. The molecule has 2 aromatic carbocycles. The number of ether oxygens (including phenoxy) is 1. The van der Waals surface area contributed by atoms with Crippen molar-refractivity contribution in [1.82, 2.24) is 30.5 Å². The largest absolute Gasteiger partial charge is 0.508 e. The van der Waals surface area contributed by atoms with Crippen LogP contribution < -0.4 is 10.1 Å². The highest BCUT2D eigenvalue weighted by atomic mass is 16.5. The highest BCUT2D eigenvalue weighted by Gasteiger charge is 2.30. The van der Waals surface area contributed by atoms with Crippen LogP contribution >= 0.6 is 0 Å². The van der Waals surface area contributed by atoms with Crippen LogP contribution in [0.15, 0.2) is 42.5 Å². The van der Waals surface area contributed by atoms with Crippen molar-refractivity contribution in [2.75, 3.05) is 7.11 Å². The van der Waals surface area contributed by atoms with E-state index in [0.29, 0.717) is 50.8 Å². The van der Waals surface area contributed by atoms with E-state index in [2.05, 4.69) is 30.5 Å². The maximum Gasteiger partial charge on any atom is 0.261 e. The van der Waals surface area contributed by atoms with Crippen molar-refractivity contribution >= 4 is 33.9 Å². The van der Waals surface area contributed by atoms with Gasteiger partial charge in [0.25, 0.3) is 11.8 Å². The first kappa shape index (κ1) is 18.1. The Bertz CT molecular complexity index is 1600. The second kappa shape index (κ2) is 6.38. The molecule has 0 unspecified atom stereocenters. The number of aromatic nitrogens is 5. The fraction of sp³-hybridized carbons (Fsp3) is 0.0455. The molecule has 0 bridgehead atoms. The van der Waals surface area contributed by atoms with E-state index in [1.165, 1.54) is 13.2 Å². The van der Waals surface area contributed by atoms with Gasteiger partial charge in [0.1, 0.15) is 22.7 Å². The highest BCUT2D eigenvalue weighted by Crippen LogP contribution is 2.34. The molecule has 156 valence electrons. The maximum absolute atomic E-state index is 12.2. The van der Waals surface area contributed by atoms with Gasteiger partial charge in [-0.1, -0.05) is 0 Å². The predicted octanol–water partition coefficient (Wildman–Crippen LogP) is 2.77. The van der Waals surface area contributed by atoms with E-state index in [4.69, 9.17) is 4.74 Å². The van der Waals surface area contributed by atoms with E-state index >= 15 is 0 Å². The van der Waals surface area contributed by atoms with Crippen LogP contribution in [0, 0.1) is 0 Å². The second-order valence-corrected chi connectivity index (χ2v) is 7.30. The Morgan fingerprint density at radius 1 is 0.969 bits per heavy atom. The molecule has 0 fully saturated rings. The minimum atomic E-state index is -0.461. The quantitative estimate of drug-likeness (QED) is 0.325. The number of nitrogens with one attached hydrogen (secondary N) is 3. The number of phenols is 1. The number of rotatable bonds is 3. The van der Waals surface area contributed by atoms with Crippen molar-refractivity contribution < 1.29 is 19.4 Å². The highest BCUT2D eigenvalue weighted by molar-refractivity contribution is 6.26. The van der Waals surface area contributed by atoms with Crippen LogP contribution in [0.1, 0.15) is 20.7 Å². The van der Waals surface area contributed by atoms with Crippen molar-refractivity contribution in [3.63, 3.8) is 0 Å². The summed E-state index contributed by atoms with van der Waals surface area (Å²) in [6.45, 7) is 0. The van der Waals surface area contributed by atoms with Crippen LogP contribution in [-0.2, 0) is 0 Å². The molecule has 0 radical (unpaired) electrons. The van der Waals surface area contributed by atoms with E-state index in [1.807, 2.05) is 12.1 Å². The summed E-state index contributed by atoms with van der Waals surface area (Å²) in [6.07, 6.45) is 0. The third kappa shape index (κ3) is 2.49. The van der Waals surface area contributed by atoms with Crippen molar-refractivity contribution in [3.8, 4) is 34.3 Å². The molecule has 1 aliphatic rings. The minimum absolute atomic E-state index is 0.0977. The summed E-state index contributed by atoms with van der Waals surface area (Å²) in [5.74, 6) is 0.175. The number of carbonyl (C=O) groups is 2. The molecule has 0 saturated heterocycles. The molecular formula is C22H14N6O4. The number of carbonyl (C=O) groups excluding carboxylic acids is 2. The summed E-state index contributed by atoms with van der Waals surface area (Å²) in [4.78, 5) is 36.5. The Balaban J connectivity index is 1.47. The number of nitrogens with zero attached hydrogens (tertiary/aromatic N) is 3. The first-order chi connectivity index (χ1) is 15.5. The van der Waals surface area contributed by atoms with Crippen LogP contribution in [-0.4, -0.2) is 49.2 Å². The van der Waals surface area contributed by atoms with Crippen LogP contribution in [0.3, 0.4) is 0 Å². The van der Waals surface area contributed by atoms with Gasteiger partial charge in [0.15, 0.2) is 11.5 Å². The molecule has 4 N–H and O–H groups in total. The number of aromatic hydroxyl groups is 1. The fourth-order valence-corrected chi connectivity index (χ4v) is 3.97. The third-order valence-electron chi connectivity index (χ3n) is 5.47. The van der Waals surface area contributed by atoms with Gasteiger partial charge in [0.2, 0.25) is 0 Å². The van der Waals surface area contributed by atoms with Gasteiger partial charge in [-0.3, -0.25) is 20.0 Å². The molecule has 10 nitrogen and oxygen atoms in total. The molecule has 0 spiro atoms. The summed E-state index contributed by atoms with van der Waals surface area (Å²) in [5, 5.41) is 20.0. The Morgan fingerprint density at radius 3 is 2.66 bits per heavy atom. The number of pyridine rings is 1. The Labute approximate surface area is 179 Å². The van der Waals surface area contributed by atoms with E-state index in [0.717, 1.165) is 5.39 Å². The smallest absolute Gasteiger partial charge is 0.261 e. The van der Waals surface area contributed by atoms with E-state index < -0.39 is 11.8 Å². The van der Waals surface area contributed by atoms with Gasteiger partial charge in [0.05, 0.1) is 29.4 Å². The summed E-state index contributed by atoms with van der Waals surface area (Å²) in [6, 6.07) is 11.8. The number of benzene rings is 2. The molecule has 0 saturated carbocycles. The number of phenolic OH excluding ortho intramolecular Hbond substituents is 1. The molecule has 5 aromatic rings. The van der Waals surface area contributed by atoms with Crippen LogP contribution in [0.25, 0.3) is 44.8 Å². The van der Waals surface area contributed by atoms with Gasteiger partial charge in [-0.15, -0.1) is 0 Å². The lowest BCUT2D eigenvalue weighted by atomic mass is 10.1. The summed E-state index contributed by atoms with van der Waals surface area (Å²) >= 11 is 0. The molecule has 0 atom stereocenters. The number of fused-ring (bicyclic) bond motifs is 4. The number of aromatic amines is 2. The van der Waals surface area contributed by atoms with E-state index in [-0.39, 0.29) is 11.3 Å². The van der Waals surface area contributed by atoms with Crippen LogP contribution in [0.5, 0.6) is 11.5 Å². The zero-order valence-electron chi connectivity index (χ0n) is 16.6. The Hall–Kier alpha value is -4.73. The standard InChI is InChI=1S/C22H14N6O4/c1-32-15-8-9(29)2-3-10(15)13-6-5-12-17(27-28-19(12)23-13)20-24-14-7-4-11-16(18(14)25-20)22(31)26-21(11)30/h2-8,29H,1H3,(H,24,25)(H,23,27,28)(H,26,30,31). The van der Waals surface area contributed by atoms with Gasteiger partial charge >= 0.3 is 0 Å². The SMILES string of the molecule is COc1cc(O)ccc1-c1ccc2c(-c3nc4c5c(ccc4[nH]3)C(=O)NC5=O)[nH]nc2n1. The van der Waals surface area contributed by atoms with Crippen LogP contribution in [0.4, 0.5) is 0 Å². The average Bonchev–Trinajstić information content (AvgIpc) is 3.48. The van der Waals surface area contributed by atoms with Gasteiger partial charge in [0, 0.05) is 17.0 Å². The summed E-state index contributed by atoms with van der Waals surface area (Å²) in [7, 11) is 1.52. The number of imidazole rings is 1. The third-order valence-corrected chi connectivity index (χ3v) is 5.47. The molecule has 3 aromatic heterocycles. The molecule has 10 heteroatoms. The van der Waals surface area contributed by atoms with Crippen molar-refractivity contribution in [1.29, 1.82) is 0 Å². The van der Waals surface area contributed by atoms with Crippen molar-refractivity contribution in [2.45, 2.75) is 0 Å². The van der Waals surface area contributed by atoms with Crippen molar-refractivity contribution in [3.05, 3.63) is 53.6 Å². The van der Waals surface area contributed by atoms with Crippen LogP contribution in [0.2, 0.25) is 0 Å². The first-order valence-corrected chi connectivity index (χ1v) is 9.65. The molecule has 1 aliphatic heterocycles. The first-order valence-electron chi connectivity index (χ1n) is 9.65. The molecule has 0 aliphatic carbocycles. The topological polar surface area (TPSA) is 146 Å². The molecule has 2 amide bonds. The number of H-pyrrole nitrogens is 2. The van der Waals surface area contributed by atoms with Crippen molar-refractivity contribution in [2.24, 2.45) is 0 Å². The lowest BCUT2D eigenvalue weighted by Crippen LogP contribution is -2.20. The summed E-state index contributed by atoms with van der Waals surface area (Å²) in [5.41, 5.74) is 4.03. The Kier molecular flexibility index (Phi) is 3.60. The van der Waals surface area contributed by atoms with E-state index in [1.54, 1.807) is 24.3 Å². The Morgan fingerprint density at radius 2 is 1.81 bits per heavy atom. The fourth-order valence-electron chi connectivity index (χ4n) is 3.97. The predicted molar refractivity (Wildman–Crippen MR) is 114 cm³/mol. The van der Waals surface area contributed by atoms with Gasteiger partial charge in [-0.25, -0.2) is 9.97 Å². The van der Waals surface area contributed by atoms with Gasteiger partial charge < -0.3 is 14.8 Å². The normalized spacial score (nSPS) is 13.0. The molecular weight excluding hydrogens is 412 g/mol. The maximum atomic E-state index is 12.2. The molecule has 6 rings (SSSR count). The number of amides is 2. The van der Waals surface area contributed by atoms with Gasteiger partial charge in [-0.2, -0.15) is 5.10 Å². The number of imide groups is 1. The monoisotopic (exact) mass is 426 g/mol. The lowest BCUT2D eigenvalue weighted by Gasteiger charge is -2.08. The van der Waals surface area contributed by atoms with E-state index in [9.17, 15) is 14.7 Å². The minimum Gasteiger partial charge on any atom is -0.508 e. The number of hydrogen-bond donors (Lipinski definition) is 4. The lowest BCUT2D eigenvalue weighted by molar-refractivity contribution is 0.0880. The summed E-state index contributed by atoms with van der Waals surface area (Å²) < 4.78 is 5.35. The molecule has 4 heterocycles. The second-order valence-electron chi connectivity index (χ2n) is 7.30. The van der Waals surface area contributed by atoms with Gasteiger partial charge in [-0.05, 0) is 36.4 Å². The average molecular weight is 426 g/mol. The number of hydrogen-bond acceptors (Lipinski definition) is 7. The number of methoxy groups -OCH3 is 1.